The van der Waals surface area contributed by atoms with Crippen LogP contribution in [0.25, 0.3) is 0 Å². The van der Waals surface area contributed by atoms with Gasteiger partial charge in [0.1, 0.15) is 0 Å². The second-order valence-corrected chi connectivity index (χ2v) is 3.08. The topological polar surface area (TPSA) is 110 Å². The molecule has 0 aliphatic carbocycles. The minimum Gasteiger partial charge on any atom is -0.478 e. The molecular weight excluding hydrogens is 247 g/mol. The van der Waals surface area contributed by atoms with Gasteiger partial charge in [-0.25, -0.2) is 4.79 Å². The second-order valence-electron chi connectivity index (χ2n) is 3.08. The first kappa shape index (κ1) is 13.3. The van der Waals surface area contributed by atoms with Gasteiger partial charge in [0.05, 0.1) is 4.92 Å². The van der Waals surface area contributed by atoms with Crippen LogP contribution in [0.4, 0.5) is 15.8 Å². The van der Waals surface area contributed by atoms with Gasteiger partial charge in [-0.15, -0.1) is 0 Å². The first-order chi connectivity index (χ1) is 8.40. The zero-order valence-corrected chi connectivity index (χ0v) is 8.79. The Morgan fingerprint density at radius 2 is 2.06 bits per heavy atom. The van der Waals surface area contributed by atoms with Crippen LogP contribution < -0.4 is 5.32 Å². The molecule has 0 aliphatic rings. The fourth-order valence-corrected chi connectivity index (χ4v) is 1.06. The standard InChI is InChI=1S/C10H7FN2O5/c11-7-2-1-6(5-8(7)13(17)18)12-9(14)3-4-10(15)16/h1-5H,(H,12,14)(H,15,16). The quantitative estimate of drug-likeness (QED) is 0.478. The summed E-state index contributed by atoms with van der Waals surface area (Å²) in [7, 11) is 0. The summed E-state index contributed by atoms with van der Waals surface area (Å²) < 4.78 is 13.0. The number of nitro groups is 1. The van der Waals surface area contributed by atoms with E-state index in [0.717, 1.165) is 24.3 Å². The van der Waals surface area contributed by atoms with E-state index in [9.17, 15) is 24.1 Å². The normalized spacial score (nSPS) is 10.3. The molecule has 0 radical (unpaired) electrons. The van der Waals surface area contributed by atoms with Gasteiger partial charge in [-0.3, -0.25) is 14.9 Å². The molecule has 0 saturated heterocycles. The smallest absolute Gasteiger partial charge is 0.328 e. The first-order valence-electron chi connectivity index (χ1n) is 4.56. The van der Waals surface area contributed by atoms with Crippen LogP contribution in [-0.4, -0.2) is 21.9 Å². The number of nitro benzene ring substituents is 1. The SMILES string of the molecule is O=C(O)C=CC(=O)Nc1ccc(F)c([N+](=O)[O-])c1. The van der Waals surface area contributed by atoms with Crippen molar-refractivity contribution in [2.75, 3.05) is 5.32 Å². The van der Waals surface area contributed by atoms with Crippen molar-refractivity contribution in [3.05, 3.63) is 46.3 Å². The molecule has 1 aromatic carbocycles. The Labute approximate surface area is 99.7 Å². The highest BCUT2D eigenvalue weighted by Gasteiger charge is 2.14. The largest absolute Gasteiger partial charge is 0.478 e. The zero-order chi connectivity index (χ0) is 13.7. The van der Waals surface area contributed by atoms with Crippen molar-refractivity contribution in [3.8, 4) is 0 Å². The number of nitrogens with zero attached hydrogens (tertiary/aromatic N) is 1. The molecular formula is C10H7FN2O5. The van der Waals surface area contributed by atoms with E-state index in [-0.39, 0.29) is 5.69 Å². The lowest BCUT2D eigenvalue weighted by molar-refractivity contribution is -0.387. The predicted octanol–water partition coefficient (Wildman–Crippen LogP) is 1.31. The van der Waals surface area contributed by atoms with E-state index < -0.39 is 28.3 Å². The number of amides is 1. The van der Waals surface area contributed by atoms with Crippen molar-refractivity contribution < 1.29 is 24.0 Å². The monoisotopic (exact) mass is 254 g/mol. The number of benzene rings is 1. The first-order valence-corrected chi connectivity index (χ1v) is 4.56. The summed E-state index contributed by atoms with van der Waals surface area (Å²) >= 11 is 0. The number of nitrogens with one attached hydrogen (secondary N) is 1. The highest BCUT2D eigenvalue weighted by molar-refractivity contribution is 6.02. The molecule has 94 valence electrons. The molecule has 8 heteroatoms. The van der Waals surface area contributed by atoms with E-state index in [1.165, 1.54) is 0 Å². The van der Waals surface area contributed by atoms with Gasteiger partial charge in [-0.1, -0.05) is 0 Å². The molecule has 1 amide bonds. The van der Waals surface area contributed by atoms with Crippen molar-refractivity contribution in [3.63, 3.8) is 0 Å². The van der Waals surface area contributed by atoms with Gasteiger partial charge in [-0.05, 0) is 12.1 Å². The fourth-order valence-electron chi connectivity index (χ4n) is 1.06. The molecule has 18 heavy (non-hydrogen) atoms. The van der Waals surface area contributed by atoms with Crippen LogP contribution >= 0.6 is 0 Å². The van der Waals surface area contributed by atoms with E-state index >= 15 is 0 Å². The summed E-state index contributed by atoms with van der Waals surface area (Å²) in [5.74, 6) is -3.13. The maximum Gasteiger partial charge on any atom is 0.328 e. The van der Waals surface area contributed by atoms with Gasteiger partial charge >= 0.3 is 11.7 Å². The number of anilines is 1. The Bertz CT molecular complexity index is 541. The third kappa shape index (κ3) is 3.67. The number of halogens is 1. The van der Waals surface area contributed by atoms with Gasteiger partial charge in [0, 0.05) is 23.9 Å². The van der Waals surface area contributed by atoms with Crippen LogP contribution in [-0.2, 0) is 9.59 Å². The van der Waals surface area contributed by atoms with Crippen LogP contribution in [0.3, 0.4) is 0 Å². The highest BCUT2D eigenvalue weighted by Crippen LogP contribution is 2.21. The highest BCUT2D eigenvalue weighted by atomic mass is 19.1. The molecule has 7 nitrogen and oxygen atoms in total. The van der Waals surface area contributed by atoms with Gasteiger partial charge in [-0.2, -0.15) is 4.39 Å². The Morgan fingerprint density at radius 1 is 1.39 bits per heavy atom. The molecule has 0 aromatic heterocycles. The maximum atomic E-state index is 13.0. The van der Waals surface area contributed by atoms with Crippen LogP contribution in [0.15, 0.2) is 30.4 Å². The summed E-state index contributed by atoms with van der Waals surface area (Å²) in [4.78, 5) is 30.8. The molecule has 2 N–H and O–H groups in total. The van der Waals surface area contributed by atoms with E-state index in [0.29, 0.717) is 6.08 Å². The molecule has 0 atom stereocenters. The predicted molar refractivity (Wildman–Crippen MR) is 58.5 cm³/mol. The molecule has 1 rings (SSSR count). The summed E-state index contributed by atoms with van der Waals surface area (Å²) in [6.07, 6.45) is 1.34. The minimum absolute atomic E-state index is 0.0110. The molecule has 0 saturated carbocycles. The third-order valence-corrected chi connectivity index (χ3v) is 1.79. The van der Waals surface area contributed by atoms with Crippen LogP contribution in [0.1, 0.15) is 0 Å². The maximum absolute atomic E-state index is 13.0. The van der Waals surface area contributed by atoms with Crippen molar-refractivity contribution >= 4 is 23.3 Å². The van der Waals surface area contributed by atoms with Crippen LogP contribution in [0.2, 0.25) is 0 Å². The van der Waals surface area contributed by atoms with Crippen molar-refractivity contribution in [2.45, 2.75) is 0 Å². The fraction of sp³-hybridized carbons (Fsp3) is 0. The summed E-state index contributed by atoms with van der Waals surface area (Å²) in [5, 5.41) is 20.9. The van der Waals surface area contributed by atoms with Crippen molar-refractivity contribution in [1.82, 2.24) is 0 Å². The Morgan fingerprint density at radius 3 is 2.61 bits per heavy atom. The van der Waals surface area contributed by atoms with Crippen molar-refractivity contribution in [1.29, 1.82) is 0 Å². The van der Waals surface area contributed by atoms with E-state index in [1.807, 2.05) is 0 Å². The summed E-state index contributed by atoms with van der Waals surface area (Å²) in [6.45, 7) is 0. The lowest BCUT2D eigenvalue weighted by Gasteiger charge is -2.02. The third-order valence-electron chi connectivity index (χ3n) is 1.79. The van der Waals surface area contributed by atoms with E-state index in [1.54, 1.807) is 0 Å². The molecule has 0 fully saturated rings. The van der Waals surface area contributed by atoms with Gasteiger partial charge in [0.2, 0.25) is 11.7 Å². The Kier molecular flexibility index (Phi) is 4.08. The molecule has 0 aliphatic heterocycles. The average molecular weight is 254 g/mol. The van der Waals surface area contributed by atoms with Crippen LogP contribution in [0, 0.1) is 15.9 Å². The minimum atomic E-state index is -1.31. The number of carbonyl (C=O) groups excluding carboxylic acids is 1. The molecule has 0 heterocycles. The lowest BCUT2D eigenvalue weighted by Crippen LogP contribution is -2.09. The van der Waals surface area contributed by atoms with E-state index in [2.05, 4.69) is 5.32 Å². The number of carboxylic acids is 1. The molecule has 0 bridgehead atoms. The Hall–Kier alpha value is -2.77. The number of hydrogen-bond acceptors (Lipinski definition) is 4. The molecule has 0 spiro atoms. The Balaban J connectivity index is 2.86. The number of rotatable bonds is 4. The average Bonchev–Trinajstić information content (AvgIpc) is 2.28. The van der Waals surface area contributed by atoms with Gasteiger partial charge in [0.15, 0.2) is 0 Å². The molecule has 1 aromatic rings. The lowest BCUT2D eigenvalue weighted by atomic mass is 10.2. The van der Waals surface area contributed by atoms with Crippen molar-refractivity contribution in [2.24, 2.45) is 0 Å². The zero-order valence-electron chi connectivity index (χ0n) is 8.79. The summed E-state index contributed by atoms with van der Waals surface area (Å²) in [6, 6.07) is 2.78. The molecule has 0 unspecified atom stereocenters. The number of carbonyl (C=O) groups is 2. The van der Waals surface area contributed by atoms with Gasteiger partial charge < -0.3 is 10.4 Å². The summed E-state index contributed by atoms with van der Waals surface area (Å²) in [5.41, 5.74) is -0.793. The van der Waals surface area contributed by atoms with Gasteiger partial charge in [0.25, 0.3) is 0 Å². The number of aliphatic carboxylic acids is 1. The number of carboxylic acid groups (broad SMARTS) is 1. The van der Waals surface area contributed by atoms with E-state index in [4.69, 9.17) is 5.11 Å². The second kappa shape index (κ2) is 5.53. The van der Waals surface area contributed by atoms with Crippen LogP contribution in [0.5, 0.6) is 0 Å². The number of hydrogen-bond donors (Lipinski definition) is 2.